The Balaban J connectivity index is 1.52. The number of aliphatic imine (C=N–C) groups is 1. The largest absolute Gasteiger partial charge is 0.367 e. The molecule has 0 amide bonds. The van der Waals surface area contributed by atoms with E-state index in [0.29, 0.717) is 24.7 Å². The number of piperazine rings is 1. The fraction of sp³-hybridized carbons (Fsp3) is 0.409. The van der Waals surface area contributed by atoms with Gasteiger partial charge in [-0.15, -0.1) is 0 Å². The molecule has 0 spiro atoms. The normalized spacial score (nSPS) is 15.5. The Labute approximate surface area is 167 Å². The highest BCUT2D eigenvalue weighted by Gasteiger charge is 2.18. The Morgan fingerprint density at radius 2 is 1.64 bits per heavy atom. The average Bonchev–Trinajstić information content (AvgIpc) is 2.75. The molecule has 0 aromatic heterocycles. The van der Waals surface area contributed by atoms with E-state index in [9.17, 15) is 4.39 Å². The lowest BCUT2D eigenvalue weighted by Gasteiger charge is -2.35. The molecular formula is C22H30FN5. The van der Waals surface area contributed by atoms with Crippen molar-refractivity contribution in [3.8, 4) is 0 Å². The molecule has 1 aliphatic heterocycles. The molecule has 1 saturated heterocycles. The second kappa shape index (κ2) is 10.1. The quantitative estimate of drug-likeness (QED) is 0.595. The number of anilines is 1. The van der Waals surface area contributed by atoms with E-state index in [1.165, 1.54) is 5.56 Å². The van der Waals surface area contributed by atoms with Crippen molar-refractivity contribution in [3.63, 3.8) is 0 Å². The number of halogens is 1. The predicted octanol–water partition coefficient (Wildman–Crippen LogP) is 2.83. The van der Waals surface area contributed by atoms with Crippen LogP contribution < -0.4 is 15.5 Å². The van der Waals surface area contributed by atoms with Gasteiger partial charge in [-0.2, -0.15) is 0 Å². The standard InChI is InChI=1S/C22H30FN5/c1-3-27-11-13-28(14-12-27)21-10-9-19(15-20(21)23)17-26-22(24-2)25-16-18-7-5-4-6-8-18/h4-10,15H,3,11-14,16-17H2,1-2H3,(H2,24,25,26). The van der Waals surface area contributed by atoms with Crippen molar-refractivity contribution in [2.45, 2.75) is 20.0 Å². The predicted molar refractivity (Wildman–Crippen MR) is 114 cm³/mol. The van der Waals surface area contributed by atoms with Gasteiger partial charge in [-0.1, -0.05) is 43.3 Å². The number of nitrogens with one attached hydrogen (secondary N) is 2. The van der Waals surface area contributed by atoms with Crippen LogP contribution in [0.4, 0.5) is 10.1 Å². The lowest BCUT2D eigenvalue weighted by molar-refractivity contribution is 0.270. The van der Waals surface area contributed by atoms with Crippen LogP contribution in [0.2, 0.25) is 0 Å². The zero-order valence-electron chi connectivity index (χ0n) is 16.8. The molecule has 1 heterocycles. The van der Waals surface area contributed by atoms with E-state index < -0.39 is 0 Å². The fourth-order valence-electron chi connectivity index (χ4n) is 3.41. The van der Waals surface area contributed by atoms with Crippen molar-refractivity contribution >= 4 is 11.6 Å². The first-order chi connectivity index (χ1) is 13.7. The van der Waals surface area contributed by atoms with Gasteiger partial charge in [-0.25, -0.2) is 4.39 Å². The number of benzene rings is 2. The fourth-order valence-corrected chi connectivity index (χ4v) is 3.41. The lowest BCUT2D eigenvalue weighted by Crippen LogP contribution is -2.46. The summed E-state index contributed by atoms with van der Waals surface area (Å²) in [6.07, 6.45) is 0. The molecule has 2 N–H and O–H groups in total. The van der Waals surface area contributed by atoms with Gasteiger partial charge in [-0.3, -0.25) is 4.99 Å². The molecule has 6 heteroatoms. The van der Waals surface area contributed by atoms with E-state index in [4.69, 9.17) is 0 Å². The van der Waals surface area contributed by atoms with Crippen LogP contribution in [-0.4, -0.2) is 50.6 Å². The summed E-state index contributed by atoms with van der Waals surface area (Å²) in [7, 11) is 1.74. The first-order valence-corrected chi connectivity index (χ1v) is 9.93. The van der Waals surface area contributed by atoms with Crippen LogP contribution in [-0.2, 0) is 13.1 Å². The van der Waals surface area contributed by atoms with Crippen molar-refractivity contribution in [1.29, 1.82) is 0 Å². The summed E-state index contributed by atoms with van der Waals surface area (Å²) in [4.78, 5) is 8.76. The minimum Gasteiger partial charge on any atom is -0.367 e. The summed E-state index contributed by atoms with van der Waals surface area (Å²) in [5.74, 6) is 0.542. The van der Waals surface area contributed by atoms with Gasteiger partial charge in [0, 0.05) is 46.3 Å². The van der Waals surface area contributed by atoms with Crippen LogP contribution in [0.25, 0.3) is 0 Å². The molecule has 0 unspecified atom stereocenters. The third kappa shape index (κ3) is 5.45. The van der Waals surface area contributed by atoms with Crippen LogP contribution >= 0.6 is 0 Å². The lowest BCUT2D eigenvalue weighted by atomic mass is 10.1. The molecule has 0 bridgehead atoms. The number of likely N-dealkylation sites (N-methyl/N-ethyl adjacent to an activating group) is 1. The smallest absolute Gasteiger partial charge is 0.191 e. The van der Waals surface area contributed by atoms with E-state index in [0.717, 1.165) is 38.3 Å². The summed E-state index contributed by atoms with van der Waals surface area (Å²) in [5, 5.41) is 6.52. The van der Waals surface area contributed by atoms with Gasteiger partial charge < -0.3 is 20.4 Å². The molecule has 5 nitrogen and oxygen atoms in total. The molecule has 28 heavy (non-hydrogen) atoms. The van der Waals surface area contributed by atoms with E-state index in [1.807, 2.05) is 30.3 Å². The highest BCUT2D eigenvalue weighted by molar-refractivity contribution is 5.79. The molecule has 0 radical (unpaired) electrons. The minimum absolute atomic E-state index is 0.156. The Hall–Kier alpha value is -2.60. The van der Waals surface area contributed by atoms with Crippen molar-refractivity contribution in [2.75, 3.05) is 44.7 Å². The van der Waals surface area contributed by atoms with Crippen molar-refractivity contribution in [1.82, 2.24) is 15.5 Å². The molecule has 2 aromatic carbocycles. The van der Waals surface area contributed by atoms with Crippen LogP contribution in [0, 0.1) is 5.82 Å². The van der Waals surface area contributed by atoms with Gasteiger partial charge in [0.25, 0.3) is 0 Å². The van der Waals surface area contributed by atoms with E-state index in [1.54, 1.807) is 13.1 Å². The number of guanidine groups is 1. The van der Waals surface area contributed by atoms with Crippen LogP contribution in [0.15, 0.2) is 53.5 Å². The monoisotopic (exact) mass is 383 g/mol. The Morgan fingerprint density at radius 1 is 0.964 bits per heavy atom. The van der Waals surface area contributed by atoms with Gasteiger partial charge in [0.05, 0.1) is 5.69 Å². The van der Waals surface area contributed by atoms with Gasteiger partial charge in [0.2, 0.25) is 0 Å². The average molecular weight is 384 g/mol. The molecule has 2 aromatic rings. The maximum atomic E-state index is 14.7. The van der Waals surface area contributed by atoms with Crippen molar-refractivity contribution in [3.05, 3.63) is 65.5 Å². The van der Waals surface area contributed by atoms with E-state index >= 15 is 0 Å². The topological polar surface area (TPSA) is 42.9 Å². The van der Waals surface area contributed by atoms with Crippen molar-refractivity contribution in [2.24, 2.45) is 4.99 Å². The van der Waals surface area contributed by atoms with Crippen LogP contribution in [0.5, 0.6) is 0 Å². The summed E-state index contributed by atoms with van der Waals surface area (Å²) in [5.41, 5.74) is 2.78. The van der Waals surface area contributed by atoms with Gasteiger partial charge in [0.1, 0.15) is 5.82 Å². The van der Waals surface area contributed by atoms with Gasteiger partial charge >= 0.3 is 0 Å². The Kier molecular flexibility index (Phi) is 7.25. The molecule has 0 aliphatic carbocycles. The van der Waals surface area contributed by atoms with E-state index in [-0.39, 0.29) is 5.82 Å². The summed E-state index contributed by atoms with van der Waals surface area (Å²) in [6.45, 7) is 8.16. The third-order valence-corrected chi connectivity index (χ3v) is 5.16. The van der Waals surface area contributed by atoms with Crippen LogP contribution in [0.3, 0.4) is 0 Å². The third-order valence-electron chi connectivity index (χ3n) is 5.16. The molecule has 1 fully saturated rings. The Bertz CT molecular complexity index is 770. The number of hydrogen-bond donors (Lipinski definition) is 2. The zero-order chi connectivity index (χ0) is 19.8. The molecule has 0 atom stereocenters. The maximum absolute atomic E-state index is 14.7. The first-order valence-electron chi connectivity index (χ1n) is 9.93. The summed E-state index contributed by atoms with van der Waals surface area (Å²) < 4.78 is 14.7. The summed E-state index contributed by atoms with van der Waals surface area (Å²) in [6, 6.07) is 15.7. The van der Waals surface area contributed by atoms with Gasteiger partial charge in [0.15, 0.2) is 5.96 Å². The first kappa shape index (κ1) is 20.1. The van der Waals surface area contributed by atoms with Crippen molar-refractivity contribution < 1.29 is 4.39 Å². The molecule has 150 valence electrons. The molecule has 0 saturated carbocycles. The second-order valence-electron chi connectivity index (χ2n) is 6.97. The summed E-state index contributed by atoms with van der Waals surface area (Å²) >= 11 is 0. The molecule has 1 aliphatic rings. The molecule has 3 rings (SSSR count). The Morgan fingerprint density at radius 3 is 2.25 bits per heavy atom. The SMILES string of the molecule is CCN1CCN(c2ccc(CNC(=NC)NCc3ccccc3)cc2F)CC1. The number of nitrogens with zero attached hydrogens (tertiary/aromatic N) is 3. The zero-order valence-corrected chi connectivity index (χ0v) is 16.8. The number of hydrogen-bond acceptors (Lipinski definition) is 3. The highest BCUT2D eigenvalue weighted by Crippen LogP contribution is 2.22. The maximum Gasteiger partial charge on any atom is 0.191 e. The van der Waals surface area contributed by atoms with Crippen LogP contribution in [0.1, 0.15) is 18.1 Å². The number of rotatable bonds is 6. The molecular weight excluding hydrogens is 353 g/mol. The minimum atomic E-state index is -0.156. The second-order valence-corrected chi connectivity index (χ2v) is 6.97. The highest BCUT2D eigenvalue weighted by atomic mass is 19.1. The van der Waals surface area contributed by atoms with E-state index in [2.05, 4.69) is 44.5 Å². The van der Waals surface area contributed by atoms with Gasteiger partial charge in [-0.05, 0) is 29.8 Å².